The Morgan fingerprint density at radius 1 is 0.443 bits per heavy atom. The fraction of sp³-hybridized carbons (Fsp3) is 0.224. The summed E-state index contributed by atoms with van der Waals surface area (Å²) in [5, 5.41) is 73.9. The number of nitrogens with two attached hydrogens (primary N) is 3. The smallest absolute Gasteiger partial charge is 0.340 e. The summed E-state index contributed by atoms with van der Waals surface area (Å²) < 4.78 is 33.8. The van der Waals surface area contributed by atoms with E-state index in [-0.39, 0.29) is 119 Å². The lowest BCUT2D eigenvalue weighted by molar-refractivity contribution is -0.385. The van der Waals surface area contributed by atoms with E-state index in [1.165, 1.54) is 148 Å². The lowest BCUT2D eigenvalue weighted by atomic mass is 10.1. The fourth-order valence-corrected chi connectivity index (χ4v) is 8.37. The first-order valence-corrected chi connectivity index (χ1v) is 34.0. The van der Waals surface area contributed by atoms with Gasteiger partial charge < -0.3 is 76.5 Å². The van der Waals surface area contributed by atoms with Crippen LogP contribution in [0.1, 0.15) is 137 Å². The molecule has 11 N–H and O–H groups in total. The summed E-state index contributed by atoms with van der Waals surface area (Å²) in [6, 6.07) is 34.8. The third-order valence-electron chi connectivity index (χ3n) is 13.7. The van der Waals surface area contributed by atoms with Crippen molar-refractivity contribution in [1.82, 2.24) is 0 Å². The molecule has 39 nitrogen and oxygen atoms in total. The number of benzene rings is 7. The molecule has 8 rings (SSSR count). The summed E-state index contributed by atoms with van der Waals surface area (Å²) in [6.45, 7) is 18.2. The maximum absolute atomic E-state index is 12.6. The van der Waals surface area contributed by atoms with Gasteiger partial charge in [-0.25, -0.2) is 28.8 Å². The Morgan fingerprint density at radius 2 is 0.730 bits per heavy atom. The molecule has 0 spiro atoms. The van der Waals surface area contributed by atoms with Gasteiger partial charge in [0.1, 0.15) is 40.9 Å². The van der Waals surface area contributed by atoms with Crippen molar-refractivity contribution < 1.29 is 111 Å². The zero-order chi connectivity index (χ0) is 86.0. The number of carbonyl (C=O) groups excluding carboxylic acids is 11. The first kappa shape index (κ1) is 93.7. The Kier molecular flexibility index (Phi) is 39.2. The highest BCUT2D eigenvalue weighted by atomic mass is 16.6. The molecule has 7 aromatic rings. The molecular weight excluding hydrogens is 1510 g/mol. The molecule has 39 heteroatoms. The molecule has 0 saturated carbocycles. The SMILES string of the molecule is C=C1CC(=O)O1.CC(=O)CC(=O)Nc1ccc([N+](=O)[O-])cc1.CCOC(=O)c1ccc(C(=O)OCC)c(N)c1.CCOC(=O)c1ccc(C(=O)OCC)c(N=NC(C(=O)Nc2ccc(N)cc2)=C(C)O)c1.CCOC(=O)c1ccc(C(=O)OCC)c(N=NC(C(=O)Nc2ccc([N+](=O)[O-])cc2)=C(C)O)c1.Nc1ccc([N+](=O)[O-])cc1. The number of ketones is 1. The Labute approximate surface area is 655 Å². The van der Waals surface area contributed by atoms with E-state index in [0.717, 1.165) is 0 Å². The highest BCUT2D eigenvalue weighted by Gasteiger charge is 2.23. The average Bonchev–Trinajstić information content (AvgIpc) is 0.826. The molecule has 7 aromatic carbocycles. The van der Waals surface area contributed by atoms with Crippen molar-refractivity contribution in [2.24, 2.45) is 20.5 Å². The summed E-state index contributed by atoms with van der Waals surface area (Å²) in [4.78, 5) is 158. The molecule has 606 valence electrons. The van der Waals surface area contributed by atoms with E-state index >= 15 is 0 Å². The number of hydrogen-bond donors (Lipinski definition) is 8. The molecule has 0 bridgehead atoms. The minimum absolute atomic E-state index is 0.0237. The first-order valence-electron chi connectivity index (χ1n) is 34.0. The van der Waals surface area contributed by atoms with Gasteiger partial charge in [0, 0.05) is 70.5 Å². The van der Waals surface area contributed by atoms with Crippen molar-refractivity contribution in [1.29, 1.82) is 0 Å². The average molecular weight is 1590 g/mol. The van der Waals surface area contributed by atoms with Gasteiger partial charge >= 0.3 is 41.8 Å². The van der Waals surface area contributed by atoms with E-state index in [1.807, 2.05) is 0 Å². The number of amides is 3. The molecule has 1 aliphatic rings. The zero-order valence-electron chi connectivity index (χ0n) is 63.4. The van der Waals surface area contributed by atoms with E-state index in [9.17, 15) is 93.3 Å². The zero-order valence-corrected chi connectivity index (χ0v) is 63.4. The lowest BCUT2D eigenvalue weighted by Crippen LogP contribution is -2.15. The van der Waals surface area contributed by atoms with Crippen LogP contribution < -0.4 is 33.2 Å². The minimum Gasteiger partial charge on any atom is -0.510 e. The molecule has 1 fully saturated rings. The third-order valence-corrected chi connectivity index (χ3v) is 13.7. The van der Waals surface area contributed by atoms with Crippen molar-refractivity contribution >= 4 is 128 Å². The number of ether oxygens (including phenoxy) is 7. The molecule has 115 heavy (non-hydrogen) atoms. The molecular formula is C76H81N13O26. The molecule has 0 aromatic heterocycles. The lowest BCUT2D eigenvalue weighted by Gasteiger charge is -2.12. The van der Waals surface area contributed by atoms with Crippen LogP contribution in [-0.4, -0.2) is 130 Å². The van der Waals surface area contributed by atoms with Crippen LogP contribution in [0.2, 0.25) is 0 Å². The summed E-state index contributed by atoms with van der Waals surface area (Å²) in [6.07, 6.45) is 0.219. The standard InChI is InChI=1S/C22H22N4O8.C22H24N4O6.C12H15NO4.C10H10N2O4.C6H6N2O2.C4H4O2/c1-4-33-21(29)14-6-11-17(22(30)34-5-2)18(12-14)24-25-19(13(3)27)20(28)23-15-7-9-16(10-8-15)26(31)32;1-4-31-21(29)14-6-11-17(22(30)32-5-2)18(12-14)25-26-19(13(3)27)20(28)24-16-9-7-15(23)8-10-16;1-3-16-11(14)8-5-6-9(10(13)7-8)12(15)17-4-2;1-7(13)6-10(14)11-8-2-4-9(5-3-8)12(15)16;7-5-1-3-6(4-2-5)8(9)10;1-3-2-4(5)6-3/h6-12,27H,4-5H2,1-3H3,(H,23,28);6-12,27H,4-5,23H2,1-3H3,(H,24,28);5-7H,3-4,13H2,1-2H3;2-5H,6H2,1H3,(H,11,14);1-4H,7H2;1-2H2. The van der Waals surface area contributed by atoms with Crippen LogP contribution in [-0.2, 0) is 57.1 Å². The van der Waals surface area contributed by atoms with Crippen LogP contribution >= 0.6 is 0 Å². The molecule has 1 aliphatic heterocycles. The second-order valence-electron chi connectivity index (χ2n) is 22.5. The van der Waals surface area contributed by atoms with Gasteiger partial charge in [-0.3, -0.25) is 54.3 Å². The maximum Gasteiger partial charge on any atom is 0.340 e. The Balaban J connectivity index is 0.000000385. The summed E-state index contributed by atoms with van der Waals surface area (Å²) >= 11 is 0. The van der Waals surface area contributed by atoms with E-state index in [2.05, 4.69) is 47.7 Å². The Hall–Kier alpha value is -15.5. The molecule has 0 aliphatic carbocycles. The summed E-state index contributed by atoms with van der Waals surface area (Å²) in [7, 11) is 0. The molecule has 0 radical (unpaired) electrons. The number of aliphatic hydroxyl groups is 2. The van der Waals surface area contributed by atoms with Crippen LogP contribution in [0.25, 0.3) is 0 Å². The number of Topliss-reactive ketones (excluding diaryl/α,β-unsaturated/α-hetero) is 1. The number of nitro benzene ring substituents is 3. The number of cyclic esters (lactones) is 1. The number of nitrogens with one attached hydrogen (secondary N) is 3. The number of azo groups is 2. The van der Waals surface area contributed by atoms with Crippen molar-refractivity contribution in [3.8, 4) is 0 Å². The number of nitrogen functional groups attached to an aromatic ring is 3. The quantitative estimate of drug-likeness (QED) is 0.00287. The topological polar surface area (TPSA) is 586 Å². The highest BCUT2D eigenvalue weighted by molar-refractivity contribution is 6.06. The molecule has 1 heterocycles. The summed E-state index contributed by atoms with van der Waals surface area (Å²) in [5.74, 6) is -6.38. The number of aliphatic hydroxyl groups excluding tert-OH is 2. The van der Waals surface area contributed by atoms with Gasteiger partial charge in [0.15, 0.2) is 11.4 Å². The molecule has 3 amide bonds. The largest absolute Gasteiger partial charge is 0.510 e. The number of nitro groups is 3. The van der Waals surface area contributed by atoms with Crippen molar-refractivity contribution in [3.05, 3.63) is 251 Å². The van der Waals surface area contributed by atoms with Crippen molar-refractivity contribution in [3.63, 3.8) is 0 Å². The second kappa shape index (κ2) is 48.1. The predicted octanol–water partition coefficient (Wildman–Crippen LogP) is 13.4. The van der Waals surface area contributed by atoms with Gasteiger partial charge in [0.25, 0.3) is 28.9 Å². The van der Waals surface area contributed by atoms with Crippen LogP contribution in [0.3, 0.4) is 0 Å². The number of non-ortho nitro benzene ring substituents is 3. The number of carbonyl (C=O) groups is 11. The van der Waals surface area contributed by atoms with Gasteiger partial charge in [-0.2, -0.15) is 0 Å². The van der Waals surface area contributed by atoms with E-state index < -0.39 is 91.2 Å². The number of hydrogen-bond acceptors (Lipinski definition) is 33. The number of rotatable bonds is 26. The number of allylic oxidation sites excluding steroid dienone is 2. The number of esters is 7. The van der Waals surface area contributed by atoms with Crippen LogP contribution in [0.5, 0.6) is 0 Å². The fourth-order valence-electron chi connectivity index (χ4n) is 8.37. The van der Waals surface area contributed by atoms with E-state index in [1.54, 1.807) is 65.8 Å². The minimum atomic E-state index is -0.864. The second-order valence-corrected chi connectivity index (χ2v) is 22.5. The van der Waals surface area contributed by atoms with Gasteiger partial charge in [0.05, 0.1) is 94.2 Å². The van der Waals surface area contributed by atoms with Crippen molar-refractivity contribution in [2.75, 3.05) is 72.8 Å². The molecule has 0 atom stereocenters. The summed E-state index contributed by atoms with van der Waals surface area (Å²) in [5.41, 5.74) is 18.5. The van der Waals surface area contributed by atoms with Crippen LogP contribution in [0.4, 0.5) is 62.6 Å². The van der Waals surface area contributed by atoms with Gasteiger partial charge in [-0.05, 0) is 178 Å². The maximum atomic E-state index is 12.6. The predicted molar refractivity (Wildman–Crippen MR) is 415 cm³/mol. The number of anilines is 6. The van der Waals surface area contributed by atoms with Gasteiger partial charge in [0.2, 0.25) is 5.91 Å². The van der Waals surface area contributed by atoms with Crippen molar-refractivity contribution in [2.45, 2.75) is 75.2 Å². The molecule has 1 saturated heterocycles. The normalized spacial score (nSPS) is 11.2. The van der Waals surface area contributed by atoms with E-state index in [4.69, 9.17) is 45.6 Å². The Bertz CT molecular complexity index is 4800. The number of nitrogens with zero attached hydrogens (tertiary/aromatic N) is 7. The first-order chi connectivity index (χ1) is 54.5. The highest BCUT2D eigenvalue weighted by Crippen LogP contribution is 2.28. The monoisotopic (exact) mass is 1590 g/mol. The van der Waals surface area contributed by atoms with Crippen LogP contribution in [0, 0.1) is 30.3 Å². The van der Waals surface area contributed by atoms with Gasteiger partial charge in [-0.1, -0.05) is 6.58 Å². The van der Waals surface area contributed by atoms with Crippen LogP contribution in [0.15, 0.2) is 207 Å². The molecule has 0 unspecified atom stereocenters. The Morgan fingerprint density at radius 3 is 1.02 bits per heavy atom. The third kappa shape index (κ3) is 32.7. The van der Waals surface area contributed by atoms with E-state index in [0.29, 0.717) is 47.1 Å². The van der Waals surface area contributed by atoms with Gasteiger partial charge in [-0.15, -0.1) is 20.5 Å².